The molecule has 1 amide bonds. The first-order chi connectivity index (χ1) is 15.4. The maximum atomic E-state index is 13.2. The van der Waals surface area contributed by atoms with Gasteiger partial charge in [-0.15, -0.1) is 0 Å². The minimum Gasteiger partial charge on any atom is -0.326 e. The number of aryl methyl sites for hydroxylation is 1. The second-order valence-corrected chi connectivity index (χ2v) is 9.35. The molecule has 0 spiro atoms. The Morgan fingerprint density at radius 2 is 1.97 bits per heavy atom. The van der Waals surface area contributed by atoms with E-state index in [1.54, 1.807) is 27.4 Å². The van der Waals surface area contributed by atoms with E-state index >= 15 is 0 Å². The molecule has 0 bridgehead atoms. The normalized spacial score (nSPS) is 15.2. The molecule has 1 unspecified atom stereocenters. The van der Waals surface area contributed by atoms with Crippen molar-refractivity contribution in [3.05, 3.63) is 74.6 Å². The number of rotatable bonds is 4. The second-order valence-electron chi connectivity index (χ2n) is 7.54. The molecule has 4 aromatic rings. The molecule has 2 aromatic carbocycles. The molecule has 2 aromatic heterocycles. The lowest BCUT2D eigenvalue weighted by molar-refractivity contribution is -0.116. The third kappa shape index (κ3) is 3.79. The summed E-state index contributed by atoms with van der Waals surface area (Å²) in [5.41, 5.74) is 2.84. The molecule has 1 N–H and O–H groups in total. The molecule has 0 saturated heterocycles. The third-order valence-electron chi connectivity index (χ3n) is 5.27. The van der Waals surface area contributed by atoms with Crippen LogP contribution in [0, 0.1) is 6.92 Å². The van der Waals surface area contributed by atoms with Crippen molar-refractivity contribution >= 4 is 57.6 Å². The Hall–Kier alpha value is -2.81. The van der Waals surface area contributed by atoms with Gasteiger partial charge in [-0.25, -0.2) is 9.67 Å². The van der Waals surface area contributed by atoms with Crippen molar-refractivity contribution < 1.29 is 4.79 Å². The molecule has 7 nitrogen and oxygen atoms in total. The predicted molar refractivity (Wildman–Crippen MR) is 127 cm³/mol. The fourth-order valence-corrected chi connectivity index (χ4v) is 5.08. The largest absolute Gasteiger partial charge is 0.326 e. The Labute approximate surface area is 197 Å². The smallest absolute Gasteiger partial charge is 0.265 e. The van der Waals surface area contributed by atoms with E-state index in [2.05, 4.69) is 10.4 Å². The Morgan fingerprint density at radius 3 is 2.72 bits per heavy atom. The van der Waals surface area contributed by atoms with Gasteiger partial charge in [-0.1, -0.05) is 52.7 Å². The summed E-state index contributed by atoms with van der Waals surface area (Å²) < 4.78 is 3.27. The lowest BCUT2D eigenvalue weighted by Gasteiger charge is -2.14. The van der Waals surface area contributed by atoms with Crippen molar-refractivity contribution in [2.75, 3.05) is 11.1 Å². The van der Waals surface area contributed by atoms with Crippen molar-refractivity contribution in [2.45, 2.75) is 24.5 Å². The lowest BCUT2D eigenvalue weighted by atomic mass is 10.2. The van der Waals surface area contributed by atoms with Crippen LogP contribution in [0.1, 0.15) is 18.0 Å². The fourth-order valence-electron chi connectivity index (χ4n) is 3.66. The molecule has 3 heterocycles. The Bertz CT molecular complexity index is 1410. The highest BCUT2D eigenvalue weighted by atomic mass is 35.5. The molecule has 1 atom stereocenters. The lowest BCUT2D eigenvalue weighted by Crippen LogP contribution is -2.27. The van der Waals surface area contributed by atoms with Crippen LogP contribution < -0.4 is 10.9 Å². The van der Waals surface area contributed by atoms with Gasteiger partial charge in [0.05, 0.1) is 28.0 Å². The average Bonchev–Trinajstić information content (AvgIpc) is 3.36. The summed E-state index contributed by atoms with van der Waals surface area (Å²) in [5.74, 6) is 0.367. The first-order valence-corrected chi connectivity index (χ1v) is 11.6. The van der Waals surface area contributed by atoms with Crippen LogP contribution in [0.3, 0.4) is 0 Å². The SMILES string of the molecule is Cc1ccc(-n2ncc3c(=O)n4c(nc32)SCC4CC(=O)Nc2ccc(Cl)c(Cl)c2)cc1. The van der Waals surface area contributed by atoms with Crippen LogP contribution in [0.15, 0.2) is 58.6 Å². The van der Waals surface area contributed by atoms with Gasteiger partial charge >= 0.3 is 0 Å². The van der Waals surface area contributed by atoms with Crippen LogP contribution >= 0.6 is 35.0 Å². The number of fused-ring (bicyclic) bond motifs is 2. The molecular formula is C22H17Cl2N5O2S. The molecule has 162 valence electrons. The average molecular weight is 486 g/mol. The van der Waals surface area contributed by atoms with Crippen LogP contribution in [-0.2, 0) is 4.79 Å². The van der Waals surface area contributed by atoms with Crippen molar-refractivity contribution in [2.24, 2.45) is 0 Å². The zero-order valence-electron chi connectivity index (χ0n) is 16.9. The molecule has 1 aliphatic rings. The van der Waals surface area contributed by atoms with E-state index in [0.29, 0.717) is 37.7 Å². The third-order valence-corrected chi connectivity index (χ3v) is 7.11. The fraction of sp³-hybridized carbons (Fsp3) is 0.182. The number of amides is 1. The minimum absolute atomic E-state index is 0.138. The molecule has 0 aliphatic carbocycles. The molecule has 0 fully saturated rings. The molecule has 10 heteroatoms. The maximum absolute atomic E-state index is 13.2. The number of thioether (sulfide) groups is 1. The van der Waals surface area contributed by atoms with E-state index in [9.17, 15) is 9.59 Å². The van der Waals surface area contributed by atoms with Gasteiger partial charge in [0.15, 0.2) is 10.8 Å². The maximum Gasteiger partial charge on any atom is 0.265 e. The monoisotopic (exact) mass is 485 g/mol. The summed E-state index contributed by atoms with van der Waals surface area (Å²) in [6.07, 6.45) is 1.67. The number of hydrogen-bond acceptors (Lipinski definition) is 5. The van der Waals surface area contributed by atoms with Gasteiger partial charge in [0.2, 0.25) is 5.91 Å². The van der Waals surface area contributed by atoms with E-state index in [1.807, 2.05) is 31.2 Å². The summed E-state index contributed by atoms with van der Waals surface area (Å²) in [7, 11) is 0. The molecular weight excluding hydrogens is 469 g/mol. The molecule has 5 rings (SSSR count). The topological polar surface area (TPSA) is 81.8 Å². The van der Waals surface area contributed by atoms with Crippen LogP contribution in [0.25, 0.3) is 16.7 Å². The molecule has 1 aliphatic heterocycles. The predicted octanol–water partition coefficient (Wildman–Crippen LogP) is 4.87. The zero-order valence-corrected chi connectivity index (χ0v) is 19.2. The van der Waals surface area contributed by atoms with Gasteiger partial charge in [0.25, 0.3) is 5.56 Å². The van der Waals surface area contributed by atoms with Crippen molar-refractivity contribution in [1.82, 2.24) is 19.3 Å². The number of nitrogens with zero attached hydrogens (tertiary/aromatic N) is 4. The van der Waals surface area contributed by atoms with Crippen molar-refractivity contribution in [1.29, 1.82) is 0 Å². The summed E-state index contributed by atoms with van der Waals surface area (Å²) in [4.78, 5) is 30.6. The van der Waals surface area contributed by atoms with Gasteiger partial charge < -0.3 is 5.32 Å². The zero-order chi connectivity index (χ0) is 22.4. The summed E-state index contributed by atoms with van der Waals surface area (Å²) in [6, 6.07) is 12.5. The van der Waals surface area contributed by atoms with Gasteiger partial charge in [-0.05, 0) is 37.3 Å². The highest BCUT2D eigenvalue weighted by molar-refractivity contribution is 7.99. The Balaban J connectivity index is 1.43. The summed E-state index contributed by atoms with van der Waals surface area (Å²) in [5, 5.41) is 8.98. The van der Waals surface area contributed by atoms with E-state index < -0.39 is 0 Å². The van der Waals surface area contributed by atoms with E-state index in [0.717, 1.165) is 11.3 Å². The van der Waals surface area contributed by atoms with E-state index in [-0.39, 0.29) is 23.9 Å². The highest BCUT2D eigenvalue weighted by Gasteiger charge is 2.29. The number of hydrogen-bond donors (Lipinski definition) is 1. The summed E-state index contributed by atoms with van der Waals surface area (Å²) >= 11 is 13.4. The number of carbonyl (C=O) groups excluding carboxylic acids is 1. The van der Waals surface area contributed by atoms with Crippen LogP contribution in [0.5, 0.6) is 0 Å². The van der Waals surface area contributed by atoms with Crippen LogP contribution in [0.2, 0.25) is 10.0 Å². The van der Waals surface area contributed by atoms with Gasteiger partial charge in [0.1, 0.15) is 5.39 Å². The minimum atomic E-state index is -0.301. The Morgan fingerprint density at radius 1 is 1.19 bits per heavy atom. The number of halogens is 2. The number of anilines is 1. The summed E-state index contributed by atoms with van der Waals surface area (Å²) in [6.45, 7) is 2.01. The van der Waals surface area contributed by atoms with Crippen LogP contribution in [-0.4, -0.2) is 31.0 Å². The number of aromatic nitrogens is 4. The first kappa shape index (κ1) is 21.1. The highest BCUT2D eigenvalue weighted by Crippen LogP contribution is 2.34. The number of nitrogens with one attached hydrogen (secondary N) is 1. The second kappa shape index (κ2) is 8.27. The molecule has 0 saturated carbocycles. The van der Waals surface area contributed by atoms with Crippen molar-refractivity contribution in [3.8, 4) is 5.69 Å². The van der Waals surface area contributed by atoms with E-state index in [1.165, 1.54) is 18.0 Å². The quantitative estimate of drug-likeness (QED) is 0.416. The van der Waals surface area contributed by atoms with E-state index in [4.69, 9.17) is 28.2 Å². The molecule has 0 radical (unpaired) electrons. The van der Waals surface area contributed by atoms with Gasteiger partial charge in [-0.2, -0.15) is 5.10 Å². The van der Waals surface area contributed by atoms with Gasteiger partial charge in [-0.3, -0.25) is 14.2 Å². The number of carbonyl (C=O) groups is 1. The number of benzene rings is 2. The molecule has 32 heavy (non-hydrogen) atoms. The standard InChI is InChI=1S/C22H17Cl2N5O2S/c1-12-2-5-14(6-3-12)29-20-16(10-25-29)21(31)28-15(11-32-22(28)27-20)9-19(30)26-13-4-7-17(23)18(24)8-13/h2-8,10,15H,9,11H2,1H3,(H,26,30). The van der Waals surface area contributed by atoms with Crippen LogP contribution in [0.4, 0.5) is 5.69 Å². The first-order valence-electron chi connectivity index (χ1n) is 9.86. The van der Waals surface area contributed by atoms with Crippen molar-refractivity contribution in [3.63, 3.8) is 0 Å². The Kier molecular flexibility index (Phi) is 5.44. The van der Waals surface area contributed by atoms with Gasteiger partial charge in [0, 0.05) is 17.9 Å².